The molecule has 1 amide bonds. The number of carbonyl (C=O) groups excluding carboxylic acids is 1. The van der Waals surface area contributed by atoms with Crippen molar-refractivity contribution in [2.45, 2.75) is 25.3 Å². The van der Waals surface area contributed by atoms with Gasteiger partial charge in [0.05, 0.1) is 34.0 Å². The lowest BCUT2D eigenvalue weighted by molar-refractivity contribution is 0.0696. The van der Waals surface area contributed by atoms with Gasteiger partial charge in [0.2, 0.25) is 5.75 Å². The Bertz CT molecular complexity index is 1890. The van der Waals surface area contributed by atoms with Crippen molar-refractivity contribution in [3.63, 3.8) is 0 Å². The molecule has 0 fully saturated rings. The molecule has 2 heterocycles. The van der Waals surface area contributed by atoms with E-state index in [4.69, 9.17) is 28.4 Å². The quantitative estimate of drug-likeness (QED) is 0.192. The number of fused-ring (bicyclic) bond motifs is 2. The van der Waals surface area contributed by atoms with E-state index >= 15 is 0 Å². The average molecular weight is 669 g/mol. The Morgan fingerprint density at radius 3 is 2.08 bits per heavy atom. The van der Waals surface area contributed by atoms with Gasteiger partial charge < -0.3 is 38.4 Å². The van der Waals surface area contributed by atoms with Crippen LogP contribution in [0.1, 0.15) is 49.0 Å². The zero-order valence-electron chi connectivity index (χ0n) is 28.5. The maximum absolute atomic E-state index is 13.1. The van der Waals surface area contributed by atoms with Crippen molar-refractivity contribution in [1.29, 1.82) is 0 Å². The molecule has 0 unspecified atom stereocenters. The van der Waals surface area contributed by atoms with Crippen LogP contribution in [0.5, 0.6) is 46.0 Å². The number of hydrogen-bond donors (Lipinski definition) is 1. The van der Waals surface area contributed by atoms with Crippen LogP contribution in [-0.2, 0) is 19.3 Å². The zero-order valence-corrected chi connectivity index (χ0v) is 28.5. The van der Waals surface area contributed by atoms with Crippen molar-refractivity contribution < 1.29 is 43.1 Å². The highest BCUT2D eigenvalue weighted by molar-refractivity contribution is 5.97. The van der Waals surface area contributed by atoms with Crippen LogP contribution in [0, 0.1) is 0 Å². The molecule has 256 valence electrons. The smallest absolute Gasteiger partial charge is 0.335 e. The highest BCUT2D eigenvalue weighted by Crippen LogP contribution is 2.51. The van der Waals surface area contributed by atoms with E-state index in [1.807, 2.05) is 30.3 Å². The van der Waals surface area contributed by atoms with E-state index in [1.54, 1.807) is 58.6 Å². The molecular weight excluding hydrogens is 628 g/mol. The third-order valence-corrected chi connectivity index (χ3v) is 9.23. The Kier molecular flexibility index (Phi) is 9.55. The van der Waals surface area contributed by atoms with Gasteiger partial charge in [-0.3, -0.25) is 9.69 Å². The van der Waals surface area contributed by atoms with Crippen LogP contribution in [0.3, 0.4) is 0 Å². The van der Waals surface area contributed by atoms with Crippen molar-refractivity contribution in [2.75, 3.05) is 55.6 Å². The second-order valence-electron chi connectivity index (χ2n) is 12.1. The highest BCUT2D eigenvalue weighted by Gasteiger charge is 2.34. The largest absolute Gasteiger partial charge is 0.493 e. The third-order valence-electron chi connectivity index (χ3n) is 9.23. The molecule has 2 aliphatic rings. The van der Waals surface area contributed by atoms with Gasteiger partial charge in [0, 0.05) is 37.3 Å². The van der Waals surface area contributed by atoms with E-state index in [-0.39, 0.29) is 17.5 Å². The Hall–Kier alpha value is -5.42. The molecule has 0 saturated heterocycles. The number of carboxylic acid groups (broad SMARTS) is 1. The SMILES string of the molecule is COc1ccc(C[C@@H]2c3c(cc(OC)c(OC)c3Oc3cc4c(cc3OC)CCN(C)C4=O)CCN2C)cc1Oc1ccc(C(=O)O)cc1. The maximum atomic E-state index is 13.1. The summed E-state index contributed by atoms with van der Waals surface area (Å²) < 4.78 is 36.1. The second kappa shape index (κ2) is 14.0. The number of carboxylic acids is 1. The Morgan fingerprint density at radius 2 is 1.41 bits per heavy atom. The van der Waals surface area contributed by atoms with E-state index in [1.165, 1.54) is 12.1 Å². The molecule has 0 spiro atoms. The van der Waals surface area contributed by atoms with Gasteiger partial charge >= 0.3 is 5.97 Å². The Balaban J connectivity index is 1.41. The van der Waals surface area contributed by atoms with Crippen molar-refractivity contribution in [1.82, 2.24) is 9.80 Å². The molecule has 0 aliphatic carbocycles. The van der Waals surface area contributed by atoms with E-state index in [9.17, 15) is 14.7 Å². The summed E-state index contributed by atoms with van der Waals surface area (Å²) in [5.41, 5.74) is 4.65. The van der Waals surface area contributed by atoms with E-state index in [2.05, 4.69) is 11.9 Å². The highest BCUT2D eigenvalue weighted by atomic mass is 16.5. The number of amides is 1. The van der Waals surface area contributed by atoms with Gasteiger partial charge in [-0.25, -0.2) is 4.79 Å². The molecule has 4 aromatic rings. The lowest BCUT2D eigenvalue weighted by Crippen LogP contribution is -2.34. The first-order valence-electron chi connectivity index (χ1n) is 16.0. The fourth-order valence-corrected chi connectivity index (χ4v) is 6.53. The predicted molar refractivity (Wildman–Crippen MR) is 183 cm³/mol. The molecular formula is C38H40N2O9. The number of ether oxygens (including phenoxy) is 6. The van der Waals surface area contributed by atoms with Crippen molar-refractivity contribution >= 4 is 11.9 Å². The number of rotatable bonds is 11. The summed E-state index contributed by atoms with van der Waals surface area (Å²) in [5, 5.41) is 9.28. The first-order valence-corrected chi connectivity index (χ1v) is 16.0. The average Bonchev–Trinajstić information content (AvgIpc) is 3.11. The third kappa shape index (κ3) is 6.54. The molecule has 2 aliphatic heterocycles. The normalized spacial score (nSPS) is 15.6. The number of likely N-dealkylation sites (N-methyl/N-ethyl adjacent to an activating group) is 2. The van der Waals surface area contributed by atoms with Crippen LogP contribution < -0.4 is 28.4 Å². The number of carbonyl (C=O) groups is 2. The lowest BCUT2D eigenvalue weighted by atomic mass is 9.87. The number of methoxy groups -OCH3 is 4. The van der Waals surface area contributed by atoms with E-state index in [0.29, 0.717) is 64.5 Å². The van der Waals surface area contributed by atoms with Gasteiger partial charge in [0.25, 0.3) is 5.91 Å². The van der Waals surface area contributed by atoms with Gasteiger partial charge in [-0.1, -0.05) is 6.07 Å². The minimum atomic E-state index is -1.01. The first-order chi connectivity index (χ1) is 23.6. The van der Waals surface area contributed by atoms with Gasteiger partial charge in [-0.2, -0.15) is 0 Å². The Labute approximate surface area is 285 Å². The van der Waals surface area contributed by atoms with Gasteiger partial charge in [0.15, 0.2) is 34.5 Å². The molecule has 6 rings (SSSR count). The summed E-state index contributed by atoms with van der Waals surface area (Å²) in [5.74, 6) is 2.84. The molecule has 0 radical (unpaired) electrons. The summed E-state index contributed by atoms with van der Waals surface area (Å²) >= 11 is 0. The topological polar surface area (TPSA) is 116 Å². The predicted octanol–water partition coefficient (Wildman–Crippen LogP) is 6.40. The summed E-state index contributed by atoms with van der Waals surface area (Å²) in [6.45, 7) is 1.43. The summed E-state index contributed by atoms with van der Waals surface area (Å²) in [4.78, 5) is 28.4. The van der Waals surface area contributed by atoms with Crippen LogP contribution in [0.4, 0.5) is 0 Å². The van der Waals surface area contributed by atoms with Crippen molar-refractivity contribution in [3.8, 4) is 46.0 Å². The molecule has 4 aromatic carbocycles. The molecule has 11 nitrogen and oxygen atoms in total. The lowest BCUT2D eigenvalue weighted by Gasteiger charge is -2.37. The fourth-order valence-electron chi connectivity index (χ4n) is 6.53. The van der Waals surface area contributed by atoms with E-state index in [0.717, 1.165) is 41.6 Å². The fraction of sp³-hybridized carbons (Fsp3) is 0.316. The molecule has 0 saturated carbocycles. The molecule has 0 aromatic heterocycles. The van der Waals surface area contributed by atoms with E-state index < -0.39 is 5.97 Å². The summed E-state index contributed by atoms with van der Waals surface area (Å²) in [6, 6.07) is 17.5. The van der Waals surface area contributed by atoms with Crippen LogP contribution in [0.2, 0.25) is 0 Å². The van der Waals surface area contributed by atoms with Gasteiger partial charge in [-0.15, -0.1) is 0 Å². The van der Waals surface area contributed by atoms with Crippen molar-refractivity contribution in [2.24, 2.45) is 0 Å². The van der Waals surface area contributed by atoms with Gasteiger partial charge in [0.1, 0.15) is 5.75 Å². The zero-order chi connectivity index (χ0) is 34.8. The molecule has 49 heavy (non-hydrogen) atoms. The second-order valence-corrected chi connectivity index (χ2v) is 12.1. The number of aromatic carboxylic acids is 1. The van der Waals surface area contributed by atoms with Crippen LogP contribution in [0.25, 0.3) is 0 Å². The molecule has 1 atom stereocenters. The standard InChI is InChI=1S/C38H40N2O9/c1-39-15-14-25-20-33(46-5)35(47-6)36(49-32-21-27-24(19-30(32)45-4)13-16-40(2)37(27)41)34(25)28(39)17-22-7-12-29(44-3)31(18-22)48-26-10-8-23(9-11-26)38(42)43/h7-12,18-21,28H,13-17H2,1-6H3,(H,42,43)/t28-/m1/s1. The van der Waals surface area contributed by atoms with Crippen LogP contribution in [-0.4, -0.2) is 82.4 Å². The number of nitrogens with zero attached hydrogens (tertiary/aromatic N) is 2. The van der Waals surface area contributed by atoms with Crippen LogP contribution in [0.15, 0.2) is 60.7 Å². The van der Waals surface area contributed by atoms with Crippen LogP contribution >= 0.6 is 0 Å². The minimum absolute atomic E-state index is 0.0682. The molecule has 11 heteroatoms. The summed E-state index contributed by atoms with van der Waals surface area (Å²) in [7, 11) is 10.2. The minimum Gasteiger partial charge on any atom is -0.493 e. The maximum Gasteiger partial charge on any atom is 0.335 e. The molecule has 0 bridgehead atoms. The number of benzene rings is 4. The first kappa shape index (κ1) is 33.5. The molecule has 1 N–H and O–H groups in total. The monoisotopic (exact) mass is 668 g/mol. The van der Waals surface area contributed by atoms with Crippen molar-refractivity contribution in [3.05, 3.63) is 94.0 Å². The number of hydrogen-bond acceptors (Lipinski definition) is 9. The Morgan fingerprint density at radius 1 is 0.735 bits per heavy atom. The summed E-state index contributed by atoms with van der Waals surface area (Å²) in [6.07, 6.45) is 2.06. The van der Waals surface area contributed by atoms with Gasteiger partial charge in [-0.05, 0) is 97.6 Å².